The summed E-state index contributed by atoms with van der Waals surface area (Å²) in [6.07, 6.45) is 0.440. The first kappa shape index (κ1) is 9.62. The van der Waals surface area contributed by atoms with Crippen molar-refractivity contribution >= 4 is 11.6 Å². The lowest BCUT2D eigenvalue weighted by molar-refractivity contribution is 0.0569. The predicted octanol–water partition coefficient (Wildman–Crippen LogP) is 1.95. The van der Waals surface area contributed by atoms with Crippen molar-refractivity contribution in [3.05, 3.63) is 23.3 Å². The van der Waals surface area contributed by atoms with Crippen LogP contribution in [0.5, 0.6) is 11.5 Å². The molecule has 0 radical (unpaired) electrons. The van der Waals surface area contributed by atoms with Gasteiger partial charge in [-0.2, -0.15) is 0 Å². The average molecular weight is 215 g/mol. The molecule has 76 valence electrons. The van der Waals surface area contributed by atoms with Gasteiger partial charge in [-0.1, -0.05) is 6.07 Å². The van der Waals surface area contributed by atoms with Gasteiger partial charge >= 0.3 is 0 Å². The van der Waals surface area contributed by atoms with Crippen molar-refractivity contribution in [3.63, 3.8) is 0 Å². The van der Waals surface area contributed by atoms with E-state index in [9.17, 15) is 10.2 Å². The van der Waals surface area contributed by atoms with Gasteiger partial charge in [-0.25, -0.2) is 0 Å². The van der Waals surface area contributed by atoms with E-state index in [0.29, 0.717) is 18.9 Å². The number of hydrogen-bond donors (Lipinski definition) is 2. The van der Waals surface area contributed by atoms with Crippen molar-refractivity contribution in [2.45, 2.75) is 12.5 Å². The van der Waals surface area contributed by atoms with E-state index >= 15 is 0 Å². The quantitative estimate of drug-likeness (QED) is 0.555. The van der Waals surface area contributed by atoms with Gasteiger partial charge in [0.05, 0.1) is 18.6 Å². The van der Waals surface area contributed by atoms with Crippen LogP contribution in [0, 0.1) is 0 Å². The molecule has 1 atom stereocenters. The van der Waals surface area contributed by atoms with Gasteiger partial charge in [0, 0.05) is 5.56 Å². The predicted molar refractivity (Wildman–Crippen MR) is 52.9 cm³/mol. The third kappa shape index (κ3) is 1.42. The summed E-state index contributed by atoms with van der Waals surface area (Å²) in [5, 5.41) is 18.9. The van der Waals surface area contributed by atoms with Crippen LogP contribution in [-0.2, 0) is 11.2 Å². The Kier molecular flexibility index (Phi) is 2.52. The van der Waals surface area contributed by atoms with Gasteiger partial charge in [-0.15, -0.1) is 11.6 Å². The number of phenolic OH excluding ortho intramolecular Hbond substituents is 2. The van der Waals surface area contributed by atoms with Crippen molar-refractivity contribution < 1.29 is 14.9 Å². The molecule has 1 aromatic carbocycles. The second kappa shape index (κ2) is 3.67. The Morgan fingerprint density at radius 2 is 2.21 bits per heavy atom. The Morgan fingerprint density at radius 1 is 1.43 bits per heavy atom. The lowest BCUT2D eigenvalue weighted by Gasteiger charge is -2.25. The highest BCUT2D eigenvalue weighted by Gasteiger charge is 2.23. The van der Waals surface area contributed by atoms with Gasteiger partial charge in [0.15, 0.2) is 11.5 Å². The van der Waals surface area contributed by atoms with Gasteiger partial charge in [0.2, 0.25) is 0 Å². The number of fused-ring (bicyclic) bond motifs is 1. The van der Waals surface area contributed by atoms with Crippen molar-refractivity contribution in [1.29, 1.82) is 0 Å². The van der Waals surface area contributed by atoms with E-state index in [0.717, 1.165) is 11.1 Å². The van der Waals surface area contributed by atoms with E-state index in [4.69, 9.17) is 16.3 Å². The molecular formula is C10H11ClO3. The van der Waals surface area contributed by atoms with Crippen molar-refractivity contribution in [2.24, 2.45) is 0 Å². The molecule has 0 aromatic heterocycles. The van der Waals surface area contributed by atoms with Crippen molar-refractivity contribution in [1.82, 2.24) is 0 Å². The van der Waals surface area contributed by atoms with Crippen LogP contribution in [0.15, 0.2) is 12.1 Å². The van der Waals surface area contributed by atoms with Crippen LogP contribution in [0.4, 0.5) is 0 Å². The summed E-state index contributed by atoms with van der Waals surface area (Å²) in [4.78, 5) is 0. The zero-order valence-corrected chi connectivity index (χ0v) is 8.29. The summed E-state index contributed by atoms with van der Waals surface area (Å²) in [5.74, 6) is 0.233. The van der Waals surface area contributed by atoms with Crippen LogP contribution in [-0.4, -0.2) is 22.7 Å². The zero-order chi connectivity index (χ0) is 10.1. The number of hydrogen-bond acceptors (Lipinski definition) is 3. The summed E-state index contributed by atoms with van der Waals surface area (Å²) >= 11 is 5.73. The molecule has 0 bridgehead atoms. The number of aromatic hydroxyl groups is 2. The minimum absolute atomic E-state index is 0.0408. The van der Waals surface area contributed by atoms with Gasteiger partial charge in [-0.3, -0.25) is 0 Å². The molecule has 1 unspecified atom stereocenters. The summed E-state index contributed by atoms with van der Waals surface area (Å²) in [6.45, 7) is 0.529. The molecule has 0 saturated heterocycles. The summed E-state index contributed by atoms with van der Waals surface area (Å²) in [7, 11) is 0. The fraction of sp³-hybridized carbons (Fsp3) is 0.400. The summed E-state index contributed by atoms with van der Waals surface area (Å²) < 4.78 is 5.42. The lowest BCUT2D eigenvalue weighted by Crippen LogP contribution is -2.17. The minimum Gasteiger partial charge on any atom is -0.504 e. The molecule has 1 aliphatic rings. The second-order valence-corrected chi connectivity index (χ2v) is 3.57. The number of benzene rings is 1. The third-order valence-corrected chi connectivity index (χ3v) is 2.74. The molecule has 0 fully saturated rings. The fourth-order valence-corrected chi connectivity index (χ4v) is 1.98. The van der Waals surface area contributed by atoms with Crippen LogP contribution < -0.4 is 0 Å². The van der Waals surface area contributed by atoms with Crippen LogP contribution >= 0.6 is 11.6 Å². The maximum atomic E-state index is 9.61. The van der Waals surface area contributed by atoms with Gasteiger partial charge < -0.3 is 14.9 Å². The molecule has 14 heavy (non-hydrogen) atoms. The molecule has 1 aromatic rings. The van der Waals surface area contributed by atoms with E-state index < -0.39 is 0 Å². The molecule has 0 aliphatic carbocycles. The molecule has 0 amide bonds. The average Bonchev–Trinajstić information content (AvgIpc) is 2.23. The van der Waals surface area contributed by atoms with Crippen molar-refractivity contribution in [3.8, 4) is 11.5 Å². The second-order valence-electron chi connectivity index (χ2n) is 3.26. The maximum Gasteiger partial charge on any atom is 0.161 e. The first-order valence-electron chi connectivity index (χ1n) is 4.45. The van der Waals surface area contributed by atoms with E-state index in [2.05, 4.69) is 0 Å². The molecule has 0 saturated carbocycles. The monoisotopic (exact) mass is 214 g/mol. The number of ether oxygens (including phenoxy) is 1. The number of rotatable bonds is 1. The van der Waals surface area contributed by atoms with Crippen LogP contribution in [0.2, 0.25) is 0 Å². The zero-order valence-electron chi connectivity index (χ0n) is 7.53. The van der Waals surface area contributed by atoms with Gasteiger partial charge in [0.1, 0.15) is 0 Å². The molecule has 1 heterocycles. The van der Waals surface area contributed by atoms with Crippen molar-refractivity contribution in [2.75, 3.05) is 12.5 Å². The summed E-state index contributed by atoms with van der Waals surface area (Å²) in [6, 6.07) is 3.21. The first-order valence-corrected chi connectivity index (χ1v) is 4.98. The standard InChI is InChI=1S/C10H11ClO3/c11-5-9-6-1-2-8(12)10(13)7(6)3-4-14-9/h1-2,9,12-13H,3-5H2. The molecule has 2 rings (SSSR count). The van der Waals surface area contributed by atoms with E-state index in [1.165, 1.54) is 6.07 Å². The maximum absolute atomic E-state index is 9.61. The highest BCUT2D eigenvalue weighted by Crippen LogP contribution is 2.38. The molecule has 3 nitrogen and oxygen atoms in total. The Morgan fingerprint density at radius 3 is 2.93 bits per heavy atom. The van der Waals surface area contributed by atoms with E-state index in [-0.39, 0.29) is 17.6 Å². The first-order chi connectivity index (χ1) is 6.74. The summed E-state index contributed by atoms with van der Waals surface area (Å²) in [5.41, 5.74) is 1.63. The fourth-order valence-electron chi connectivity index (χ4n) is 1.72. The van der Waals surface area contributed by atoms with Gasteiger partial charge in [-0.05, 0) is 18.1 Å². The molecule has 2 N–H and O–H groups in total. The lowest BCUT2D eigenvalue weighted by atomic mass is 9.97. The minimum atomic E-state index is -0.174. The van der Waals surface area contributed by atoms with Gasteiger partial charge in [0.25, 0.3) is 0 Å². The number of phenols is 2. The SMILES string of the molecule is Oc1ccc2c(c1O)CCOC2CCl. The highest BCUT2D eigenvalue weighted by molar-refractivity contribution is 6.18. The molecular weight excluding hydrogens is 204 g/mol. The van der Waals surface area contributed by atoms with E-state index in [1.807, 2.05) is 0 Å². The molecule has 4 heteroatoms. The largest absolute Gasteiger partial charge is 0.504 e. The Bertz CT molecular complexity index is 351. The Labute approximate surface area is 86.9 Å². The Balaban J connectivity index is 2.50. The molecule has 1 aliphatic heterocycles. The highest BCUT2D eigenvalue weighted by atomic mass is 35.5. The normalized spacial score (nSPS) is 20.5. The third-order valence-electron chi connectivity index (χ3n) is 2.46. The Hall–Kier alpha value is -0.930. The smallest absolute Gasteiger partial charge is 0.161 e. The van der Waals surface area contributed by atoms with Crippen LogP contribution in [0.25, 0.3) is 0 Å². The van der Waals surface area contributed by atoms with E-state index in [1.54, 1.807) is 6.07 Å². The number of halogens is 1. The van der Waals surface area contributed by atoms with Crippen LogP contribution in [0.3, 0.4) is 0 Å². The topological polar surface area (TPSA) is 49.7 Å². The number of alkyl halides is 1. The molecule has 0 spiro atoms. The van der Waals surface area contributed by atoms with Crippen LogP contribution in [0.1, 0.15) is 17.2 Å².